The van der Waals surface area contributed by atoms with Crippen LogP contribution in [0.15, 0.2) is 0 Å². The number of carbonyl (C=O) groups is 1. The van der Waals surface area contributed by atoms with E-state index in [4.69, 9.17) is 13.8 Å². The molecule has 1 rings (SSSR count). The second-order valence-electron chi connectivity index (χ2n) is 4.68. The van der Waals surface area contributed by atoms with Crippen LogP contribution in [0.5, 0.6) is 0 Å². The summed E-state index contributed by atoms with van der Waals surface area (Å²) in [5.74, 6) is -0.141. The number of hydrogen-bond donors (Lipinski definition) is 0. The molecule has 1 fully saturated rings. The summed E-state index contributed by atoms with van der Waals surface area (Å²) in [5, 5.41) is 0. The van der Waals surface area contributed by atoms with E-state index < -0.39 is 13.7 Å². The molecule has 0 aliphatic carbocycles. The fraction of sp³-hybridized carbons (Fsp3) is 0.917. The Hall–Kier alpha value is -0.380. The molecule has 0 bridgehead atoms. The number of cyclic esters (lactones) is 1. The molecule has 0 N–H and O–H groups in total. The Kier molecular flexibility index (Phi) is 5.83. The van der Waals surface area contributed by atoms with Crippen molar-refractivity contribution >= 4 is 13.6 Å². The minimum atomic E-state index is -3.21. The Morgan fingerprint density at radius 3 is 2.33 bits per heavy atom. The molecule has 1 heterocycles. The van der Waals surface area contributed by atoms with Gasteiger partial charge in [-0.3, -0.25) is 9.36 Å². The summed E-state index contributed by atoms with van der Waals surface area (Å²) >= 11 is 0. The summed E-state index contributed by atoms with van der Waals surface area (Å²) in [6.45, 7) is 8.10. The van der Waals surface area contributed by atoms with Gasteiger partial charge < -0.3 is 13.8 Å². The molecule has 5 nitrogen and oxygen atoms in total. The number of ether oxygens (including phenoxy) is 1. The molecule has 0 spiro atoms. The van der Waals surface area contributed by atoms with Crippen LogP contribution in [0.4, 0.5) is 0 Å². The average Bonchev–Trinajstić information content (AvgIpc) is 2.29. The van der Waals surface area contributed by atoms with Gasteiger partial charge in [0.25, 0.3) is 0 Å². The Labute approximate surface area is 109 Å². The SMILES string of the molecule is CCOP(=O)(OCC)[C@H]1CCC(=O)O[C@H]1C(C)C. The molecular weight excluding hydrogens is 255 g/mol. The highest BCUT2D eigenvalue weighted by Gasteiger charge is 2.46. The molecule has 6 heteroatoms. The summed E-state index contributed by atoms with van der Waals surface area (Å²) in [6.07, 6.45) is 0.381. The molecule has 106 valence electrons. The zero-order chi connectivity index (χ0) is 13.8. The van der Waals surface area contributed by atoms with Gasteiger partial charge in [0, 0.05) is 6.42 Å². The minimum absolute atomic E-state index is 0.0912. The zero-order valence-electron chi connectivity index (χ0n) is 11.5. The number of rotatable bonds is 6. The molecule has 1 aliphatic heterocycles. The van der Waals surface area contributed by atoms with E-state index in [1.54, 1.807) is 13.8 Å². The van der Waals surface area contributed by atoms with Crippen molar-refractivity contribution in [3.05, 3.63) is 0 Å². The zero-order valence-corrected chi connectivity index (χ0v) is 12.4. The lowest BCUT2D eigenvalue weighted by Crippen LogP contribution is -2.40. The van der Waals surface area contributed by atoms with Crippen LogP contribution in [0.25, 0.3) is 0 Å². The monoisotopic (exact) mass is 278 g/mol. The molecular formula is C12H23O5P. The van der Waals surface area contributed by atoms with Crippen LogP contribution in [0.3, 0.4) is 0 Å². The van der Waals surface area contributed by atoms with Crippen LogP contribution in [-0.2, 0) is 23.1 Å². The Balaban J connectivity index is 2.93. The molecule has 2 atom stereocenters. The molecule has 18 heavy (non-hydrogen) atoms. The van der Waals surface area contributed by atoms with E-state index in [1.165, 1.54) is 0 Å². The third-order valence-corrected chi connectivity index (χ3v) is 5.57. The lowest BCUT2D eigenvalue weighted by atomic mass is 9.98. The maximum Gasteiger partial charge on any atom is 0.337 e. The number of esters is 1. The van der Waals surface area contributed by atoms with Gasteiger partial charge in [-0.15, -0.1) is 0 Å². The van der Waals surface area contributed by atoms with E-state index >= 15 is 0 Å². The molecule has 0 aromatic carbocycles. The second kappa shape index (κ2) is 6.69. The molecule has 0 unspecified atom stereocenters. The smallest absolute Gasteiger partial charge is 0.337 e. The van der Waals surface area contributed by atoms with Gasteiger partial charge in [-0.25, -0.2) is 0 Å². The van der Waals surface area contributed by atoms with Gasteiger partial charge in [0.1, 0.15) is 6.10 Å². The van der Waals surface area contributed by atoms with E-state index in [9.17, 15) is 9.36 Å². The second-order valence-corrected chi connectivity index (χ2v) is 6.94. The van der Waals surface area contributed by atoms with Crippen LogP contribution in [0, 0.1) is 5.92 Å². The Morgan fingerprint density at radius 2 is 1.89 bits per heavy atom. The molecule has 0 aromatic rings. The van der Waals surface area contributed by atoms with Gasteiger partial charge in [0.15, 0.2) is 0 Å². The highest BCUT2D eigenvalue weighted by atomic mass is 31.2. The van der Waals surface area contributed by atoms with Crippen LogP contribution < -0.4 is 0 Å². The molecule has 0 radical (unpaired) electrons. The van der Waals surface area contributed by atoms with Crippen molar-refractivity contribution in [3.63, 3.8) is 0 Å². The summed E-state index contributed by atoms with van der Waals surface area (Å²) in [6, 6.07) is 0. The molecule has 0 aromatic heterocycles. The molecule has 0 amide bonds. The Morgan fingerprint density at radius 1 is 1.33 bits per heavy atom. The summed E-state index contributed by atoms with van der Waals surface area (Å²) in [7, 11) is -3.21. The fourth-order valence-electron chi connectivity index (χ4n) is 2.23. The normalized spacial score (nSPS) is 25.3. The predicted molar refractivity (Wildman–Crippen MR) is 68.6 cm³/mol. The van der Waals surface area contributed by atoms with Gasteiger partial charge in [0.05, 0.1) is 18.9 Å². The van der Waals surface area contributed by atoms with E-state index in [0.29, 0.717) is 19.6 Å². The third kappa shape index (κ3) is 3.56. The first kappa shape index (κ1) is 15.7. The number of hydrogen-bond acceptors (Lipinski definition) is 5. The maximum atomic E-state index is 12.8. The topological polar surface area (TPSA) is 61.8 Å². The van der Waals surface area contributed by atoms with Gasteiger partial charge in [0.2, 0.25) is 0 Å². The van der Waals surface area contributed by atoms with Crippen molar-refractivity contribution in [2.24, 2.45) is 5.92 Å². The van der Waals surface area contributed by atoms with Gasteiger partial charge in [-0.1, -0.05) is 13.8 Å². The Bertz CT molecular complexity index is 318. The first-order chi connectivity index (χ1) is 8.44. The van der Waals surface area contributed by atoms with Crippen LogP contribution in [0.1, 0.15) is 40.5 Å². The first-order valence-corrected chi connectivity index (χ1v) is 8.14. The van der Waals surface area contributed by atoms with Crippen molar-refractivity contribution in [2.45, 2.75) is 52.3 Å². The van der Waals surface area contributed by atoms with E-state index in [-0.39, 0.29) is 24.0 Å². The summed E-state index contributed by atoms with van der Waals surface area (Å²) in [4.78, 5) is 11.4. The summed E-state index contributed by atoms with van der Waals surface area (Å²) in [5.41, 5.74) is -0.352. The van der Waals surface area contributed by atoms with Crippen molar-refractivity contribution < 1.29 is 23.1 Å². The highest BCUT2D eigenvalue weighted by Crippen LogP contribution is 2.57. The first-order valence-electron chi connectivity index (χ1n) is 6.52. The predicted octanol–water partition coefficient (Wildman–Crippen LogP) is 2.98. The van der Waals surface area contributed by atoms with Crippen LogP contribution in [0.2, 0.25) is 0 Å². The molecule has 1 aliphatic rings. The lowest BCUT2D eigenvalue weighted by Gasteiger charge is -2.37. The van der Waals surface area contributed by atoms with Gasteiger partial charge >= 0.3 is 13.6 Å². The van der Waals surface area contributed by atoms with Gasteiger partial charge in [-0.2, -0.15) is 0 Å². The molecule has 1 saturated heterocycles. The summed E-state index contributed by atoms with van der Waals surface area (Å²) < 4.78 is 28.8. The number of carbonyl (C=O) groups excluding carboxylic acids is 1. The van der Waals surface area contributed by atoms with E-state index in [1.807, 2.05) is 13.8 Å². The fourth-order valence-corrected chi connectivity index (χ4v) is 4.61. The largest absolute Gasteiger partial charge is 0.461 e. The van der Waals surface area contributed by atoms with E-state index in [2.05, 4.69) is 0 Å². The lowest BCUT2D eigenvalue weighted by molar-refractivity contribution is -0.156. The highest BCUT2D eigenvalue weighted by molar-refractivity contribution is 7.54. The van der Waals surface area contributed by atoms with Crippen molar-refractivity contribution in [1.29, 1.82) is 0 Å². The maximum absolute atomic E-state index is 12.8. The van der Waals surface area contributed by atoms with Crippen LogP contribution >= 0.6 is 7.60 Å². The van der Waals surface area contributed by atoms with Crippen molar-refractivity contribution in [1.82, 2.24) is 0 Å². The quantitative estimate of drug-likeness (QED) is 0.552. The minimum Gasteiger partial charge on any atom is -0.461 e. The van der Waals surface area contributed by atoms with Crippen molar-refractivity contribution in [2.75, 3.05) is 13.2 Å². The standard InChI is InChI=1S/C12H23O5P/c1-5-15-18(14,16-6-2)10-7-8-11(13)17-12(10)9(3)4/h9-10,12H,5-8H2,1-4H3/t10-,12-/m0/s1. The van der Waals surface area contributed by atoms with E-state index in [0.717, 1.165) is 0 Å². The van der Waals surface area contributed by atoms with Crippen LogP contribution in [-0.4, -0.2) is 30.9 Å². The average molecular weight is 278 g/mol. The third-order valence-electron chi connectivity index (χ3n) is 2.97. The van der Waals surface area contributed by atoms with Gasteiger partial charge in [-0.05, 0) is 26.2 Å². The van der Waals surface area contributed by atoms with Crippen molar-refractivity contribution in [3.8, 4) is 0 Å². The molecule has 0 saturated carbocycles.